The first-order valence-corrected chi connectivity index (χ1v) is 8.86. The molecule has 1 heterocycles. The maximum absolute atomic E-state index is 11.4. The Bertz CT molecular complexity index is 1040. The lowest BCUT2D eigenvalue weighted by Gasteiger charge is -2.10. The summed E-state index contributed by atoms with van der Waals surface area (Å²) in [5.74, 6) is -0.109. The van der Waals surface area contributed by atoms with Gasteiger partial charge < -0.3 is 9.88 Å². The molecule has 0 saturated carbocycles. The Balaban J connectivity index is 2.10. The average Bonchev–Trinajstić information content (AvgIpc) is 2.88. The quantitative estimate of drug-likeness (QED) is 0.627. The SMILES string of the molecule is CC(=O)Nc1cc(C)c2cc(Cc3c(Cl)ccc(C=O)c3Cl)n(C)c2c1. The zero-order chi connectivity index (χ0) is 19.0. The van der Waals surface area contributed by atoms with Crippen molar-refractivity contribution in [3.05, 3.63) is 62.8 Å². The minimum absolute atomic E-state index is 0.109. The number of hydrogen-bond donors (Lipinski definition) is 1. The minimum atomic E-state index is -0.109. The molecule has 0 unspecified atom stereocenters. The van der Waals surface area contributed by atoms with E-state index in [1.807, 2.05) is 30.7 Å². The Morgan fingerprint density at radius 1 is 1.23 bits per heavy atom. The molecule has 3 rings (SSSR count). The van der Waals surface area contributed by atoms with E-state index in [0.29, 0.717) is 22.0 Å². The topological polar surface area (TPSA) is 51.1 Å². The van der Waals surface area contributed by atoms with Crippen LogP contribution in [0.15, 0.2) is 30.3 Å². The van der Waals surface area contributed by atoms with Crippen molar-refractivity contribution in [2.24, 2.45) is 7.05 Å². The van der Waals surface area contributed by atoms with Gasteiger partial charge in [0.1, 0.15) is 0 Å². The van der Waals surface area contributed by atoms with Crippen molar-refractivity contribution in [3.63, 3.8) is 0 Å². The summed E-state index contributed by atoms with van der Waals surface area (Å²) in [5.41, 5.74) is 4.98. The van der Waals surface area contributed by atoms with E-state index >= 15 is 0 Å². The number of rotatable bonds is 4. The number of nitrogens with zero attached hydrogens (tertiary/aromatic N) is 1. The van der Waals surface area contributed by atoms with Crippen LogP contribution >= 0.6 is 23.2 Å². The van der Waals surface area contributed by atoms with Crippen LogP contribution in [-0.2, 0) is 18.3 Å². The fraction of sp³-hybridized carbons (Fsp3) is 0.200. The van der Waals surface area contributed by atoms with E-state index in [1.165, 1.54) is 6.92 Å². The molecule has 134 valence electrons. The van der Waals surface area contributed by atoms with Crippen LogP contribution in [0.25, 0.3) is 10.9 Å². The molecule has 26 heavy (non-hydrogen) atoms. The van der Waals surface area contributed by atoms with E-state index in [4.69, 9.17) is 23.2 Å². The second-order valence-corrected chi connectivity index (χ2v) is 7.11. The molecule has 0 bridgehead atoms. The maximum Gasteiger partial charge on any atom is 0.221 e. The van der Waals surface area contributed by atoms with Crippen LogP contribution in [0.4, 0.5) is 5.69 Å². The Hall–Kier alpha value is -2.30. The third-order valence-electron chi connectivity index (χ3n) is 4.49. The van der Waals surface area contributed by atoms with Crippen molar-refractivity contribution in [3.8, 4) is 0 Å². The number of aryl methyl sites for hydroxylation is 2. The first-order valence-electron chi connectivity index (χ1n) is 8.10. The summed E-state index contributed by atoms with van der Waals surface area (Å²) in [6, 6.07) is 9.28. The molecular weight excluding hydrogens is 371 g/mol. The van der Waals surface area contributed by atoms with Crippen LogP contribution in [0.1, 0.15) is 34.1 Å². The van der Waals surface area contributed by atoms with Gasteiger partial charge in [0.15, 0.2) is 6.29 Å². The number of aldehydes is 1. The molecule has 0 fully saturated rings. The molecule has 3 aromatic rings. The van der Waals surface area contributed by atoms with Gasteiger partial charge in [-0.15, -0.1) is 0 Å². The monoisotopic (exact) mass is 388 g/mol. The minimum Gasteiger partial charge on any atom is -0.347 e. The van der Waals surface area contributed by atoms with Crippen LogP contribution in [0.5, 0.6) is 0 Å². The Morgan fingerprint density at radius 2 is 1.96 bits per heavy atom. The van der Waals surface area contributed by atoms with Gasteiger partial charge in [-0.05, 0) is 48.4 Å². The van der Waals surface area contributed by atoms with Crippen molar-refractivity contribution in [2.75, 3.05) is 5.32 Å². The number of halogens is 2. The van der Waals surface area contributed by atoms with Crippen molar-refractivity contribution in [1.82, 2.24) is 4.57 Å². The van der Waals surface area contributed by atoms with Gasteiger partial charge in [0, 0.05) is 47.7 Å². The van der Waals surface area contributed by atoms with E-state index in [2.05, 4.69) is 11.4 Å². The summed E-state index contributed by atoms with van der Waals surface area (Å²) in [6.07, 6.45) is 1.23. The lowest BCUT2D eigenvalue weighted by molar-refractivity contribution is -0.114. The molecule has 4 nitrogen and oxygen atoms in total. The predicted molar refractivity (Wildman–Crippen MR) is 107 cm³/mol. The lowest BCUT2D eigenvalue weighted by Crippen LogP contribution is -2.06. The van der Waals surface area contributed by atoms with Crippen molar-refractivity contribution in [1.29, 1.82) is 0 Å². The second kappa shape index (κ2) is 7.14. The van der Waals surface area contributed by atoms with Gasteiger partial charge >= 0.3 is 0 Å². The van der Waals surface area contributed by atoms with Crippen LogP contribution < -0.4 is 5.32 Å². The number of anilines is 1. The summed E-state index contributed by atoms with van der Waals surface area (Å²) < 4.78 is 2.05. The van der Waals surface area contributed by atoms with Crippen molar-refractivity contribution in [2.45, 2.75) is 20.3 Å². The van der Waals surface area contributed by atoms with E-state index in [1.54, 1.807) is 12.1 Å². The molecule has 0 aliphatic carbocycles. The van der Waals surface area contributed by atoms with E-state index < -0.39 is 0 Å². The molecule has 1 N–H and O–H groups in total. The number of benzene rings is 2. The number of fused-ring (bicyclic) bond motifs is 1. The summed E-state index contributed by atoms with van der Waals surface area (Å²) in [4.78, 5) is 22.5. The third-order valence-corrected chi connectivity index (χ3v) is 5.29. The van der Waals surface area contributed by atoms with E-state index in [-0.39, 0.29) is 5.91 Å². The van der Waals surface area contributed by atoms with Crippen LogP contribution in [0, 0.1) is 6.92 Å². The van der Waals surface area contributed by atoms with Gasteiger partial charge in [-0.2, -0.15) is 0 Å². The van der Waals surface area contributed by atoms with Crippen LogP contribution in [0.2, 0.25) is 10.0 Å². The predicted octanol–water partition coefficient (Wildman–Crippen LogP) is 5.16. The van der Waals surface area contributed by atoms with Gasteiger partial charge in [0.25, 0.3) is 0 Å². The normalized spacial score (nSPS) is 11.0. The molecule has 0 spiro atoms. The van der Waals surface area contributed by atoms with Gasteiger partial charge in [-0.3, -0.25) is 9.59 Å². The fourth-order valence-corrected chi connectivity index (χ4v) is 3.71. The van der Waals surface area contributed by atoms with Gasteiger partial charge in [-0.1, -0.05) is 23.2 Å². The maximum atomic E-state index is 11.4. The number of nitrogens with one attached hydrogen (secondary N) is 1. The highest BCUT2D eigenvalue weighted by Gasteiger charge is 2.15. The highest BCUT2D eigenvalue weighted by atomic mass is 35.5. The molecule has 6 heteroatoms. The molecule has 2 aromatic carbocycles. The summed E-state index contributed by atoms with van der Waals surface area (Å²) in [5, 5.41) is 4.83. The standard InChI is InChI=1S/C20H18Cl2N2O2/c1-11-6-14(23-12(2)26)7-19-16(11)8-15(24(19)3)9-17-18(21)5-4-13(10-25)20(17)22/h4-8,10H,9H2,1-3H3,(H,23,26). The summed E-state index contributed by atoms with van der Waals surface area (Å²) >= 11 is 12.7. The highest BCUT2D eigenvalue weighted by Crippen LogP contribution is 2.32. The van der Waals surface area contributed by atoms with Gasteiger partial charge in [0.2, 0.25) is 5.91 Å². The highest BCUT2D eigenvalue weighted by molar-refractivity contribution is 6.37. The summed E-state index contributed by atoms with van der Waals surface area (Å²) in [7, 11) is 1.96. The third kappa shape index (κ3) is 3.35. The van der Waals surface area contributed by atoms with Crippen LogP contribution in [0.3, 0.4) is 0 Å². The summed E-state index contributed by atoms with van der Waals surface area (Å²) in [6.45, 7) is 3.49. The number of amides is 1. The van der Waals surface area contributed by atoms with E-state index in [0.717, 1.165) is 39.7 Å². The zero-order valence-electron chi connectivity index (χ0n) is 14.7. The fourth-order valence-electron chi connectivity index (χ4n) is 3.16. The molecule has 0 atom stereocenters. The number of carbonyl (C=O) groups excluding carboxylic acids is 2. The lowest BCUT2D eigenvalue weighted by atomic mass is 10.1. The second-order valence-electron chi connectivity index (χ2n) is 6.33. The first kappa shape index (κ1) is 18.5. The molecule has 1 amide bonds. The first-order chi connectivity index (χ1) is 12.3. The average molecular weight is 389 g/mol. The van der Waals surface area contributed by atoms with Crippen LogP contribution in [-0.4, -0.2) is 16.8 Å². The van der Waals surface area contributed by atoms with E-state index in [9.17, 15) is 9.59 Å². The Labute approximate surface area is 161 Å². The zero-order valence-corrected chi connectivity index (χ0v) is 16.2. The number of hydrogen-bond acceptors (Lipinski definition) is 2. The van der Waals surface area contributed by atoms with Crippen molar-refractivity contribution < 1.29 is 9.59 Å². The number of carbonyl (C=O) groups is 2. The molecule has 0 aliphatic heterocycles. The molecule has 0 radical (unpaired) electrons. The smallest absolute Gasteiger partial charge is 0.221 e. The Morgan fingerprint density at radius 3 is 2.62 bits per heavy atom. The van der Waals surface area contributed by atoms with Gasteiger partial charge in [0.05, 0.1) is 10.5 Å². The number of aromatic nitrogens is 1. The van der Waals surface area contributed by atoms with Gasteiger partial charge in [-0.25, -0.2) is 0 Å². The largest absolute Gasteiger partial charge is 0.347 e. The van der Waals surface area contributed by atoms with Crippen molar-refractivity contribution >= 4 is 52.0 Å². The molecule has 1 aromatic heterocycles. The Kier molecular flexibility index (Phi) is 5.08. The molecule has 0 saturated heterocycles. The molecular formula is C20H18Cl2N2O2. The molecule has 0 aliphatic rings.